The van der Waals surface area contributed by atoms with E-state index in [9.17, 15) is 9.59 Å². The van der Waals surface area contributed by atoms with Crippen molar-refractivity contribution in [3.05, 3.63) is 113 Å². The highest BCUT2D eigenvalue weighted by atomic mass is 16.2. The van der Waals surface area contributed by atoms with E-state index in [1.807, 2.05) is 52.9 Å². The molecule has 0 radical (unpaired) electrons. The van der Waals surface area contributed by atoms with E-state index in [4.69, 9.17) is 0 Å². The summed E-state index contributed by atoms with van der Waals surface area (Å²) in [7, 11) is 0. The van der Waals surface area contributed by atoms with E-state index in [2.05, 4.69) is 48.1 Å². The van der Waals surface area contributed by atoms with Crippen LogP contribution in [-0.4, -0.2) is 44.2 Å². The molecule has 1 aliphatic rings. The number of imidazole rings is 1. The molecule has 0 saturated carbocycles. The monoisotopic (exact) mass is 520 g/mol. The van der Waals surface area contributed by atoms with Gasteiger partial charge in [0, 0.05) is 60.6 Å². The molecule has 200 valence electrons. The Morgan fingerprint density at radius 3 is 2.36 bits per heavy atom. The summed E-state index contributed by atoms with van der Waals surface area (Å²) in [4.78, 5) is 36.9. The number of aromatic nitrogens is 3. The molecule has 0 aliphatic carbocycles. The van der Waals surface area contributed by atoms with Crippen molar-refractivity contribution in [1.82, 2.24) is 19.4 Å². The first-order valence-corrected chi connectivity index (χ1v) is 13.8. The fourth-order valence-electron chi connectivity index (χ4n) is 5.33. The van der Waals surface area contributed by atoms with E-state index in [-0.39, 0.29) is 18.1 Å². The summed E-state index contributed by atoms with van der Waals surface area (Å²) in [5.41, 5.74) is 6.58. The molecule has 2 aromatic heterocycles. The fraction of sp³-hybridized carbons (Fsp3) is 0.333. The lowest BCUT2D eigenvalue weighted by atomic mass is 9.89. The molecule has 6 nitrogen and oxygen atoms in total. The number of likely N-dealkylation sites (tertiary alicyclic amines) is 1. The van der Waals surface area contributed by atoms with Gasteiger partial charge in [0.25, 0.3) is 5.91 Å². The molecule has 0 atom stereocenters. The van der Waals surface area contributed by atoms with Gasteiger partial charge in [-0.25, -0.2) is 4.98 Å². The van der Waals surface area contributed by atoms with Crippen molar-refractivity contribution in [2.45, 2.75) is 52.4 Å². The molecular weight excluding hydrogens is 484 g/mol. The van der Waals surface area contributed by atoms with Crippen LogP contribution in [0.5, 0.6) is 0 Å². The summed E-state index contributed by atoms with van der Waals surface area (Å²) in [6.45, 7) is 7.75. The molecule has 0 unspecified atom stereocenters. The molecule has 1 amide bonds. The maximum atomic E-state index is 13.4. The van der Waals surface area contributed by atoms with Crippen LogP contribution in [0, 0.1) is 12.8 Å². The second-order valence-electron chi connectivity index (χ2n) is 11.0. The molecule has 39 heavy (non-hydrogen) atoms. The topological polar surface area (TPSA) is 68.1 Å². The van der Waals surface area contributed by atoms with E-state index in [0.29, 0.717) is 23.0 Å². The molecule has 4 aromatic rings. The van der Waals surface area contributed by atoms with Crippen molar-refractivity contribution in [1.29, 1.82) is 0 Å². The lowest BCUT2D eigenvalue weighted by Crippen LogP contribution is -2.38. The van der Waals surface area contributed by atoms with E-state index in [1.165, 1.54) is 5.56 Å². The molecule has 1 saturated heterocycles. The van der Waals surface area contributed by atoms with Crippen LogP contribution in [0.25, 0.3) is 5.69 Å². The number of benzene rings is 2. The molecule has 1 fully saturated rings. The van der Waals surface area contributed by atoms with Crippen LogP contribution in [0.1, 0.15) is 75.7 Å². The van der Waals surface area contributed by atoms with E-state index >= 15 is 0 Å². The summed E-state index contributed by atoms with van der Waals surface area (Å²) in [5.74, 6) is 1.02. The van der Waals surface area contributed by atoms with Crippen LogP contribution in [0.4, 0.5) is 0 Å². The number of pyridine rings is 1. The first-order valence-electron chi connectivity index (χ1n) is 13.8. The number of carbonyl (C=O) groups is 2. The normalized spacial score (nSPS) is 14.1. The zero-order valence-corrected chi connectivity index (χ0v) is 23.0. The van der Waals surface area contributed by atoms with Crippen molar-refractivity contribution in [3.63, 3.8) is 0 Å². The van der Waals surface area contributed by atoms with Crippen molar-refractivity contribution in [2.75, 3.05) is 13.1 Å². The average molecular weight is 521 g/mol. The largest absolute Gasteiger partial charge is 0.339 e. The minimum absolute atomic E-state index is 0.0196. The van der Waals surface area contributed by atoms with Gasteiger partial charge in [-0.05, 0) is 91.1 Å². The number of amides is 1. The summed E-state index contributed by atoms with van der Waals surface area (Å²) < 4.78 is 1.99. The Labute approximate surface area is 230 Å². The van der Waals surface area contributed by atoms with Gasteiger partial charge in [-0.1, -0.05) is 32.0 Å². The number of Topliss-reactive ketones (excluding diaryl/α,β-unsaturated/α-hetero) is 1. The molecule has 6 heteroatoms. The van der Waals surface area contributed by atoms with Gasteiger partial charge in [-0.15, -0.1) is 0 Å². The lowest BCUT2D eigenvalue weighted by molar-refractivity contribution is 0.0712. The molecular formula is C33H36N4O2. The Kier molecular flexibility index (Phi) is 8.01. The van der Waals surface area contributed by atoms with Crippen LogP contribution in [0.2, 0.25) is 0 Å². The van der Waals surface area contributed by atoms with Crippen LogP contribution in [-0.2, 0) is 12.8 Å². The minimum atomic E-state index is 0.0196. The van der Waals surface area contributed by atoms with Crippen LogP contribution >= 0.6 is 0 Å². The molecule has 0 bridgehead atoms. The zero-order valence-electron chi connectivity index (χ0n) is 23.0. The maximum absolute atomic E-state index is 13.4. The number of hydrogen-bond acceptors (Lipinski definition) is 4. The molecule has 5 rings (SSSR count). The summed E-state index contributed by atoms with van der Waals surface area (Å²) in [6.07, 6.45) is 10.2. The second-order valence-corrected chi connectivity index (χ2v) is 11.0. The van der Waals surface area contributed by atoms with Crippen LogP contribution < -0.4 is 0 Å². The molecule has 1 aliphatic heterocycles. The molecule has 0 N–H and O–H groups in total. The van der Waals surface area contributed by atoms with Crippen LogP contribution in [0.15, 0.2) is 79.5 Å². The SMILES string of the molecule is Cc1ccc(C(=O)N2CCC(c3ccc(-n4ccnc4)cc3)CC2)cc1CC(=O)c1ccc(CC(C)C)nc1. The Balaban J connectivity index is 1.20. The maximum Gasteiger partial charge on any atom is 0.253 e. The molecule has 2 aromatic carbocycles. The summed E-state index contributed by atoms with van der Waals surface area (Å²) in [5, 5.41) is 0. The highest BCUT2D eigenvalue weighted by molar-refractivity contribution is 5.98. The fourth-order valence-corrected chi connectivity index (χ4v) is 5.33. The van der Waals surface area contributed by atoms with Gasteiger partial charge in [0.15, 0.2) is 5.78 Å². The van der Waals surface area contributed by atoms with E-state index in [1.54, 1.807) is 18.7 Å². The van der Waals surface area contributed by atoms with Gasteiger partial charge in [0.2, 0.25) is 0 Å². The Morgan fingerprint density at radius 2 is 1.72 bits per heavy atom. The van der Waals surface area contributed by atoms with Gasteiger partial charge < -0.3 is 9.47 Å². The quantitative estimate of drug-likeness (QED) is 0.259. The van der Waals surface area contributed by atoms with Gasteiger partial charge in [-0.2, -0.15) is 0 Å². The predicted molar refractivity (Wildman–Crippen MR) is 153 cm³/mol. The first kappa shape index (κ1) is 26.5. The highest BCUT2D eigenvalue weighted by Crippen LogP contribution is 2.29. The standard InChI is InChI=1S/C33H36N4O2/c1-23(2)18-30-9-6-28(21-35-30)32(38)20-29-19-27(5-4-24(29)3)33(39)36-15-12-26(13-16-36)25-7-10-31(11-8-25)37-17-14-34-22-37/h4-11,14,17,19,21-23,26H,12-13,15-16,18,20H2,1-3H3. The molecule has 0 spiro atoms. The van der Waals surface area contributed by atoms with Crippen molar-refractivity contribution in [3.8, 4) is 5.69 Å². The van der Waals surface area contributed by atoms with Crippen molar-refractivity contribution in [2.24, 2.45) is 5.92 Å². The third-order valence-corrected chi connectivity index (χ3v) is 7.66. The number of hydrogen-bond donors (Lipinski definition) is 0. The third-order valence-electron chi connectivity index (χ3n) is 7.66. The lowest BCUT2D eigenvalue weighted by Gasteiger charge is -2.32. The third kappa shape index (κ3) is 6.33. The Morgan fingerprint density at radius 1 is 0.974 bits per heavy atom. The summed E-state index contributed by atoms with van der Waals surface area (Å²) >= 11 is 0. The van der Waals surface area contributed by atoms with Gasteiger partial charge in [0.1, 0.15) is 0 Å². The highest BCUT2D eigenvalue weighted by Gasteiger charge is 2.25. The van der Waals surface area contributed by atoms with Gasteiger partial charge in [0.05, 0.1) is 6.33 Å². The van der Waals surface area contributed by atoms with Gasteiger partial charge in [-0.3, -0.25) is 14.6 Å². The number of ketones is 1. The van der Waals surface area contributed by atoms with Gasteiger partial charge >= 0.3 is 0 Å². The number of nitrogens with zero attached hydrogens (tertiary/aromatic N) is 4. The smallest absolute Gasteiger partial charge is 0.253 e. The van der Waals surface area contributed by atoms with E-state index in [0.717, 1.165) is 54.9 Å². The van der Waals surface area contributed by atoms with Crippen molar-refractivity contribution >= 4 is 11.7 Å². The van der Waals surface area contributed by atoms with Crippen LogP contribution in [0.3, 0.4) is 0 Å². The Bertz CT molecular complexity index is 1420. The zero-order chi connectivity index (χ0) is 27.4. The van der Waals surface area contributed by atoms with Crippen molar-refractivity contribution < 1.29 is 9.59 Å². The number of aryl methyl sites for hydroxylation is 1. The Hall–Kier alpha value is -4.06. The average Bonchev–Trinajstić information content (AvgIpc) is 3.49. The first-order chi connectivity index (χ1) is 18.9. The number of piperidine rings is 1. The number of rotatable bonds is 8. The minimum Gasteiger partial charge on any atom is -0.339 e. The number of carbonyl (C=O) groups excluding carboxylic acids is 2. The second kappa shape index (κ2) is 11.8. The van der Waals surface area contributed by atoms with E-state index < -0.39 is 0 Å². The predicted octanol–water partition coefficient (Wildman–Crippen LogP) is 6.22. The summed E-state index contributed by atoms with van der Waals surface area (Å²) in [6, 6.07) is 18.2. The molecule has 3 heterocycles.